The van der Waals surface area contributed by atoms with Crippen molar-refractivity contribution in [1.82, 2.24) is 25.4 Å². The first-order valence-electron chi connectivity index (χ1n) is 12.3. The number of carbonyl (C=O) groups excluding carboxylic acids is 2. The fourth-order valence-electron chi connectivity index (χ4n) is 5.57. The van der Waals surface area contributed by atoms with Crippen LogP contribution in [-0.4, -0.2) is 78.7 Å². The third-order valence-corrected chi connectivity index (χ3v) is 7.34. The highest BCUT2D eigenvalue weighted by Gasteiger charge is 2.43. The number of hydrogen-bond acceptors (Lipinski definition) is 4. The van der Waals surface area contributed by atoms with E-state index in [2.05, 4.69) is 44.9 Å². The second-order valence-corrected chi connectivity index (χ2v) is 9.59. The molecule has 3 atom stereocenters. The topological polar surface area (TPSA) is 89.7 Å². The number of para-hydroxylation sites is 1. The lowest BCUT2D eigenvalue weighted by molar-refractivity contribution is -0.140. The number of methoxy groups -OCH3 is 1. The van der Waals surface area contributed by atoms with E-state index in [4.69, 9.17) is 4.74 Å². The number of piperidine rings is 1. The molecule has 3 heterocycles. The van der Waals surface area contributed by atoms with Crippen molar-refractivity contribution in [2.75, 3.05) is 39.9 Å². The van der Waals surface area contributed by atoms with Gasteiger partial charge in [-0.1, -0.05) is 18.2 Å². The number of aromatic amines is 1. The van der Waals surface area contributed by atoms with Crippen LogP contribution in [0.2, 0.25) is 0 Å². The highest BCUT2D eigenvalue weighted by atomic mass is 16.5. The molecule has 1 saturated carbocycles. The second-order valence-electron chi connectivity index (χ2n) is 9.59. The molecule has 3 aliphatic rings. The zero-order chi connectivity index (χ0) is 22.8. The zero-order valence-electron chi connectivity index (χ0n) is 19.4. The Labute approximate surface area is 195 Å². The number of amides is 3. The zero-order valence-corrected chi connectivity index (χ0v) is 19.4. The van der Waals surface area contributed by atoms with Crippen molar-refractivity contribution in [3.8, 4) is 0 Å². The van der Waals surface area contributed by atoms with Crippen molar-refractivity contribution in [2.24, 2.45) is 5.92 Å². The molecule has 2 aromatic rings. The van der Waals surface area contributed by atoms with Gasteiger partial charge in [-0.05, 0) is 43.7 Å². The third kappa shape index (κ3) is 4.59. The molecule has 0 radical (unpaired) electrons. The van der Waals surface area contributed by atoms with Gasteiger partial charge in [-0.2, -0.15) is 0 Å². The molecule has 1 aromatic carbocycles. The maximum Gasteiger partial charge on any atom is 0.317 e. The van der Waals surface area contributed by atoms with Crippen LogP contribution in [0, 0.1) is 5.92 Å². The maximum absolute atomic E-state index is 14.1. The largest absolute Gasteiger partial charge is 0.385 e. The Morgan fingerprint density at radius 2 is 2.12 bits per heavy atom. The summed E-state index contributed by atoms with van der Waals surface area (Å²) in [5.74, 6) is 0.106. The molecular formula is C25H35N5O3. The van der Waals surface area contributed by atoms with Gasteiger partial charge in [0.1, 0.15) is 0 Å². The van der Waals surface area contributed by atoms with Crippen molar-refractivity contribution in [3.63, 3.8) is 0 Å². The van der Waals surface area contributed by atoms with Crippen LogP contribution in [0.5, 0.6) is 0 Å². The fraction of sp³-hybridized carbons (Fsp3) is 0.600. The summed E-state index contributed by atoms with van der Waals surface area (Å²) in [5, 5.41) is 7.52. The lowest BCUT2D eigenvalue weighted by atomic mass is 9.91. The van der Waals surface area contributed by atoms with Gasteiger partial charge in [-0.15, -0.1) is 0 Å². The van der Waals surface area contributed by atoms with E-state index in [1.807, 2.05) is 11.0 Å². The Bertz CT molecular complexity index is 987. The van der Waals surface area contributed by atoms with Gasteiger partial charge in [0.15, 0.2) is 0 Å². The average Bonchev–Trinajstić information content (AvgIpc) is 3.43. The van der Waals surface area contributed by atoms with Crippen LogP contribution in [0.1, 0.15) is 43.7 Å². The van der Waals surface area contributed by atoms with Crippen LogP contribution < -0.4 is 10.6 Å². The van der Waals surface area contributed by atoms with Gasteiger partial charge in [-0.25, -0.2) is 4.79 Å². The van der Waals surface area contributed by atoms with Crippen LogP contribution in [0.3, 0.4) is 0 Å². The molecule has 3 amide bonds. The van der Waals surface area contributed by atoms with E-state index >= 15 is 0 Å². The van der Waals surface area contributed by atoms with Crippen molar-refractivity contribution < 1.29 is 14.3 Å². The highest BCUT2D eigenvalue weighted by Crippen LogP contribution is 2.41. The van der Waals surface area contributed by atoms with Crippen LogP contribution in [0.15, 0.2) is 30.5 Å². The second kappa shape index (κ2) is 9.73. The van der Waals surface area contributed by atoms with Gasteiger partial charge < -0.3 is 30.2 Å². The molecule has 0 spiro atoms. The molecule has 1 aliphatic carbocycles. The molecule has 1 aromatic heterocycles. The minimum absolute atomic E-state index is 0.00909. The van der Waals surface area contributed by atoms with Gasteiger partial charge in [0.05, 0.1) is 12.0 Å². The molecule has 1 unspecified atom stereocenters. The molecule has 2 aliphatic heterocycles. The van der Waals surface area contributed by atoms with E-state index in [-0.39, 0.29) is 29.9 Å². The first-order valence-corrected chi connectivity index (χ1v) is 12.3. The number of carbonyl (C=O) groups is 2. The third-order valence-electron chi connectivity index (χ3n) is 7.34. The smallest absolute Gasteiger partial charge is 0.317 e. The average molecular weight is 454 g/mol. The Morgan fingerprint density at radius 3 is 2.88 bits per heavy atom. The number of H-pyrrole nitrogens is 1. The molecule has 8 heteroatoms. The summed E-state index contributed by atoms with van der Waals surface area (Å²) < 4.78 is 5.35. The van der Waals surface area contributed by atoms with Crippen molar-refractivity contribution in [1.29, 1.82) is 0 Å². The van der Waals surface area contributed by atoms with E-state index < -0.39 is 0 Å². The number of fused-ring (bicyclic) bond motifs is 1. The summed E-state index contributed by atoms with van der Waals surface area (Å²) in [6.07, 6.45) is 6.70. The highest BCUT2D eigenvalue weighted by molar-refractivity contribution is 5.86. The summed E-state index contributed by atoms with van der Waals surface area (Å²) in [7, 11) is 1.73. The van der Waals surface area contributed by atoms with E-state index in [9.17, 15) is 9.59 Å². The maximum atomic E-state index is 14.1. The number of ether oxygens (including phenoxy) is 1. The molecule has 5 rings (SSSR count). The van der Waals surface area contributed by atoms with Gasteiger partial charge in [0.25, 0.3) is 0 Å². The van der Waals surface area contributed by atoms with Gasteiger partial charge in [0, 0.05) is 69.1 Å². The van der Waals surface area contributed by atoms with Gasteiger partial charge in [-0.3, -0.25) is 4.79 Å². The number of aromatic nitrogens is 1. The SMILES string of the molecule is COCCCC(c1c[nH]c2ccccc12)N(C(=O)[C@H]1CNC[C@@H](N2CCNC2=O)C1)C1CC1. The van der Waals surface area contributed by atoms with E-state index in [0.717, 1.165) is 44.2 Å². The van der Waals surface area contributed by atoms with Crippen LogP contribution in [-0.2, 0) is 9.53 Å². The Balaban J connectivity index is 1.41. The van der Waals surface area contributed by atoms with Crippen LogP contribution in [0.4, 0.5) is 4.79 Å². The Morgan fingerprint density at radius 1 is 1.27 bits per heavy atom. The van der Waals surface area contributed by atoms with Crippen molar-refractivity contribution in [2.45, 2.75) is 50.2 Å². The summed E-state index contributed by atoms with van der Waals surface area (Å²) in [6, 6.07) is 8.71. The minimum Gasteiger partial charge on any atom is -0.385 e. The van der Waals surface area contributed by atoms with E-state index in [1.165, 1.54) is 10.9 Å². The monoisotopic (exact) mass is 453 g/mol. The Hall–Kier alpha value is -2.58. The number of urea groups is 1. The number of benzene rings is 1. The van der Waals surface area contributed by atoms with Crippen molar-refractivity contribution in [3.05, 3.63) is 36.0 Å². The molecule has 3 N–H and O–H groups in total. The molecule has 3 fully saturated rings. The van der Waals surface area contributed by atoms with Gasteiger partial charge >= 0.3 is 6.03 Å². The minimum atomic E-state index is -0.118. The van der Waals surface area contributed by atoms with Crippen molar-refractivity contribution >= 4 is 22.8 Å². The van der Waals surface area contributed by atoms with Crippen LogP contribution >= 0.6 is 0 Å². The van der Waals surface area contributed by atoms with E-state index in [1.54, 1.807) is 7.11 Å². The number of rotatable bonds is 9. The number of nitrogens with zero attached hydrogens (tertiary/aromatic N) is 2. The summed E-state index contributed by atoms with van der Waals surface area (Å²) in [4.78, 5) is 33.8. The standard InChI is InChI=1S/C25H35N5O3/c1-33-12-4-7-23(21-16-28-22-6-3-2-5-20(21)22)30(18-8-9-18)24(31)17-13-19(15-26-14-17)29-11-10-27-25(29)32/h2-3,5-6,16-19,23,26,28H,4,7-15H2,1H3,(H,27,32)/t17-,19+,23?/m1/s1. The summed E-state index contributed by atoms with van der Waals surface area (Å²) >= 11 is 0. The first kappa shape index (κ1) is 22.2. The van der Waals surface area contributed by atoms with Crippen LogP contribution in [0.25, 0.3) is 10.9 Å². The van der Waals surface area contributed by atoms with Gasteiger partial charge in [0.2, 0.25) is 5.91 Å². The fourth-order valence-corrected chi connectivity index (χ4v) is 5.57. The molecule has 33 heavy (non-hydrogen) atoms. The molecule has 178 valence electrons. The summed E-state index contributed by atoms with van der Waals surface area (Å²) in [5.41, 5.74) is 2.30. The summed E-state index contributed by atoms with van der Waals surface area (Å²) in [6.45, 7) is 3.51. The normalized spacial score (nSPS) is 24.2. The first-order chi connectivity index (χ1) is 16.2. The lowest BCUT2D eigenvalue weighted by Crippen LogP contribution is -2.54. The quantitative estimate of drug-likeness (QED) is 0.509. The molecule has 8 nitrogen and oxygen atoms in total. The predicted molar refractivity (Wildman–Crippen MR) is 127 cm³/mol. The number of nitrogens with one attached hydrogen (secondary N) is 3. The number of hydrogen-bond donors (Lipinski definition) is 3. The van der Waals surface area contributed by atoms with E-state index in [0.29, 0.717) is 32.3 Å². The Kier molecular flexibility index (Phi) is 6.55. The molecule has 0 bridgehead atoms. The predicted octanol–water partition coefficient (Wildman–Crippen LogP) is 2.63. The molecular weight excluding hydrogens is 418 g/mol. The molecule has 2 saturated heterocycles. The lowest BCUT2D eigenvalue weighted by Gasteiger charge is -2.39.